The molecule has 2 nitrogen and oxygen atoms in total. The Morgan fingerprint density at radius 1 is 1.35 bits per heavy atom. The summed E-state index contributed by atoms with van der Waals surface area (Å²) in [5.41, 5.74) is -0.416. The van der Waals surface area contributed by atoms with Gasteiger partial charge in [-0.05, 0) is 48.0 Å². The number of hydrogen-bond donors (Lipinski definition) is 0. The monoisotopic (exact) mass is 310 g/mol. The van der Waals surface area contributed by atoms with Gasteiger partial charge in [0, 0.05) is 5.56 Å². The molecule has 0 amide bonds. The maximum atomic E-state index is 12.2. The highest BCUT2D eigenvalue weighted by atomic mass is 79.9. The number of ether oxygens (including phenoxy) is 1. The number of carbonyl (C=O) groups is 1. The van der Waals surface area contributed by atoms with Crippen molar-refractivity contribution in [3.63, 3.8) is 0 Å². The Bertz CT molecular complexity index is 427. The first-order valence-electron chi connectivity index (χ1n) is 4.79. The molecule has 6 heteroatoms. The lowest BCUT2D eigenvalue weighted by molar-refractivity contribution is -0.0885. The summed E-state index contributed by atoms with van der Waals surface area (Å²) in [4.78, 5) is 11.0. The third kappa shape index (κ3) is 3.73. The maximum absolute atomic E-state index is 12.2. The van der Waals surface area contributed by atoms with Crippen molar-refractivity contribution >= 4 is 21.7 Å². The predicted octanol–water partition coefficient (Wildman–Crippen LogP) is 3.98. The minimum Gasteiger partial charge on any atom is -0.490 e. The van der Waals surface area contributed by atoms with Gasteiger partial charge < -0.3 is 4.74 Å². The van der Waals surface area contributed by atoms with Gasteiger partial charge in [-0.3, -0.25) is 4.79 Å². The molecule has 0 heterocycles. The largest absolute Gasteiger partial charge is 0.490 e. The fourth-order valence-corrected chi connectivity index (χ4v) is 1.63. The van der Waals surface area contributed by atoms with Crippen LogP contribution >= 0.6 is 15.9 Å². The molecule has 17 heavy (non-hydrogen) atoms. The predicted molar refractivity (Wildman–Crippen MR) is 60.3 cm³/mol. The Labute approximate surface area is 105 Å². The first kappa shape index (κ1) is 14.0. The van der Waals surface area contributed by atoms with Crippen molar-refractivity contribution in [2.24, 2.45) is 0 Å². The van der Waals surface area contributed by atoms with Crippen LogP contribution in [0.25, 0.3) is 0 Å². The highest BCUT2D eigenvalue weighted by Crippen LogP contribution is 2.29. The summed E-state index contributed by atoms with van der Waals surface area (Å²) in [6.45, 7) is 3.59. The minimum atomic E-state index is -4.86. The normalized spacial score (nSPS) is 11.7. The number of hydrogen-bond acceptors (Lipinski definition) is 2. The second-order valence-electron chi connectivity index (χ2n) is 3.64. The van der Waals surface area contributed by atoms with Gasteiger partial charge >= 0.3 is 6.18 Å². The van der Waals surface area contributed by atoms with Gasteiger partial charge in [0.05, 0.1) is 10.6 Å². The molecule has 0 atom stereocenters. The second kappa shape index (κ2) is 5.08. The summed E-state index contributed by atoms with van der Waals surface area (Å²) < 4.78 is 42.2. The number of benzene rings is 1. The number of Topliss-reactive ketones (excluding diaryl/α,β-unsaturated/α-hetero) is 1. The van der Waals surface area contributed by atoms with Crippen LogP contribution in [0.1, 0.15) is 24.2 Å². The Morgan fingerprint density at radius 3 is 2.35 bits per heavy atom. The minimum absolute atomic E-state index is 0.101. The molecule has 1 rings (SSSR count). The molecule has 0 fully saturated rings. The van der Waals surface area contributed by atoms with E-state index in [1.165, 1.54) is 6.07 Å². The summed E-state index contributed by atoms with van der Waals surface area (Å²) >= 11 is 3.07. The SMILES string of the molecule is CC(C)Oc1ccc(C(=O)C(F)(F)F)cc1Br. The molecule has 0 saturated carbocycles. The van der Waals surface area contributed by atoms with Crippen LogP contribution in [0.2, 0.25) is 0 Å². The summed E-state index contributed by atoms with van der Waals surface area (Å²) in [5.74, 6) is -1.46. The average molecular weight is 311 g/mol. The van der Waals surface area contributed by atoms with E-state index in [1.54, 1.807) is 13.8 Å². The van der Waals surface area contributed by atoms with Crippen molar-refractivity contribution in [3.05, 3.63) is 28.2 Å². The average Bonchev–Trinajstić information content (AvgIpc) is 2.18. The Hall–Kier alpha value is -1.04. The number of carbonyl (C=O) groups excluding carboxylic acids is 1. The van der Waals surface area contributed by atoms with Crippen LogP contribution in [0.3, 0.4) is 0 Å². The van der Waals surface area contributed by atoms with Crippen molar-refractivity contribution in [3.8, 4) is 5.75 Å². The first-order valence-corrected chi connectivity index (χ1v) is 5.59. The number of alkyl halides is 3. The van der Waals surface area contributed by atoms with Crippen molar-refractivity contribution < 1.29 is 22.7 Å². The Morgan fingerprint density at radius 2 is 1.94 bits per heavy atom. The summed E-state index contributed by atoms with van der Waals surface area (Å²) in [6, 6.07) is 3.54. The van der Waals surface area contributed by atoms with Gasteiger partial charge in [-0.2, -0.15) is 13.2 Å². The highest BCUT2D eigenvalue weighted by molar-refractivity contribution is 9.10. The second-order valence-corrected chi connectivity index (χ2v) is 4.49. The molecule has 1 aromatic carbocycles. The standard InChI is InChI=1S/C11H10BrF3O2/c1-6(2)17-9-4-3-7(5-8(9)12)10(16)11(13,14)15/h3-6H,1-2H3. The summed E-state index contributed by atoms with van der Waals surface area (Å²) in [6.07, 6.45) is -4.96. The van der Waals surface area contributed by atoms with Crippen LogP contribution in [0.5, 0.6) is 5.75 Å². The Kier molecular flexibility index (Phi) is 4.19. The van der Waals surface area contributed by atoms with E-state index in [4.69, 9.17) is 4.74 Å². The van der Waals surface area contributed by atoms with Gasteiger partial charge in [0.15, 0.2) is 0 Å². The molecular formula is C11H10BrF3O2. The molecule has 0 aliphatic carbocycles. The van der Waals surface area contributed by atoms with E-state index in [0.29, 0.717) is 10.2 Å². The lowest BCUT2D eigenvalue weighted by Crippen LogP contribution is -2.22. The molecule has 94 valence electrons. The van der Waals surface area contributed by atoms with Crippen LogP contribution in [-0.2, 0) is 0 Å². The number of ketones is 1. The lowest BCUT2D eigenvalue weighted by Gasteiger charge is -2.12. The molecule has 0 spiro atoms. The summed E-state index contributed by atoms with van der Waals surface area (Å²) in [7, 11) is 0. The van der Waals surface area contributed by atoms with Crippen LogP contribution in [0.4, 0.5) is 13.2 Å². The molecule has 1 aromatic rings. The number of halogens is 4. The van der Waals surface area contributed by atoms with Crippen LogP contribution in [0.15, 0.2) is 22.7 Å². The topological polar surface area (TPSA) is 26.3 Å². The molecular weight excluding hydrogens is 301 g/mol. The summed E-state index contributed by atoms with van der Waals surface area (Å²) in [5, 5.41) is 0. The smallest absolute Gasteiger partial charge is 0.454 e. The fraction of sp³-hybridized carbons (Fsp3) is 0.364. The van der Waals surface area contributed by atoms with Gasteiger partial charge in [-0.15, -0.1) is 0 Å². The molecule has 0 bridgehead atoms. The lowest BCUT2D eigenvalue weighted by atomic mass is 10.1. The van der Waals surface area contributed by atoms with Gasteiger partial charge in [0.2, 0.25) is 0 Å². The molecule has 0 N–H and O–H groups in total. The molecule has 0 radical (unpaired) electrons. The Balaban J connectivity index is 3.01. The van der Waals surface area contributed by atoms with E-state index >= 15 is 0 Å². The quantitative estimate of drug-likeness (QED) is 0.789. The molecule has 0 aliphatic heterocycles. The third-order valence-electron chi connectivity index (χ3n) is 1.81. The van der Waals surface area contributed by atoms with Crippen LogP contribution < -0.4 is 4.74 Å². The van der Waals surface area contributed by atoms with Gasteiger partial charge in [0.1, 0.15) is 5.75 Å². The molecule has 0 unspecified atom stereocenters. The van der Waals surface area contributed by atoms with Gasteiger partial charge in [0.25, 0.3) is 5.78 Å². The maximum Gasteiger partial charge on any atom is 0.454 e. The van der Waals surface area contributed by atoms with Crippen molar-refractivity contribution in [1.82, 2.24) is 0 Å². The van der Waals surface area contributed by atoms with E-state index in [2.05, 4.69) is 15.9 Å². The van der Waals surface area contributed by atoms with Crippen molar-refractivity contribution in [1.29, 1.82) is 0 Å². The highest BCUT2D eigenvalue weighted by Gasteiger charge is 2.39. The number of rotatable bonds is 3. The van der Waals surface area contributed by atoms with E-state index in [0.717, 1.165) is 12.1 Å². The van der Waals surface area contributed by atoms with Crippen LogP contribution in [-0.4, -0.2) is 18.1 Å². The van der Waals surface area contributed by atoms with E-state index in [1.807, 2.05) is 0 Å². The molecule has 0 aromatic heterocycles. The fourth-order valence-electron chi connectivity index (χ4n) is 1.16. The zero-order chi connectivity index (χ0) is 13.2. The zero-order valence-electron chi connectivity index (χ0n) is 9.14. The van der Waals surface area contributed by atoms with E-state index in [-0.39, 0.29) is 6.10 Å². The van der Waals surface area contributed by atoms with E-state index < -0.39 is 17.5 Å². The van der Waals surface area contributed by atoms with E-state index in [9.17, 15) is 18.0 Å². The first-order chi connectivity index (χ1) is 7.71. The molecule has 0 aliphatic rings. The third-order valence-corrected chi connectivity index (χ3v) is 2.43. The zero-order valence-corrected chi connectivity index (χ0v) is 10.7. The van der Waals surface area contributed by atoms with Gasteiger partial charge in [-0.1, -0.05) is 0 Å². The van der Waals surface area contributed by atoms with Gasteiger partial charge in [-0.25, -0.2) is 0 Å². The molecule has 0 saturated heterocycles. The van der Waals surface area contributed by atoms with Crippen molar-refractivity contribution in [2.75, 3.05) is 0 Å². The van der Waals surface area contributed by atoms with Crippen molar-refractivity contribution in [2.45, 2.75) is 26.1 Å². The van der Waals surface area contributed by atoms with Crippen LogP contribution in [0, 0.1) is 0 Å².